The van der Waals surface area contributed by atoms with Gasteiger partial charge in [-0.2, -0.15) is 13.8 Å². The maximum Gasteiger partial charge on any atom is 0.345 e. The lowest BCUT2D eigenvalue weighted by molar-refractivity contribution is -0.169. The number of primary amides is 1. The first-order valence-electron chi connectivity index (χ1n) is 9.70. The fourth-order valence-electron chi connectivity index (χ4n) is 4.03. The predicted molar refractivity (Wildman–Crippen MR) is 99.1 cm³/mol. The number of hydrogen-bond acceptors (Lipinski definition) is 7. The summed E-state index contributed by atoms with van der Waals surface area (Å²) in [5, 5.41) is 16.0. The van der Waals surface area contributed by atoms with Gasteiger partial charge in [-0.25, -0.2) is 4.98 Å². The van der Waals surface area contributed by atoms with Crippen molar-refractivity contribution < 1.29 is 23.4 Å². The van der Waals surface area contributed by atoms with Gasteiger partial charge in [0.15, 0.2) is 0 Å². The topological polar surface area (TPSA) is 122 Å². The monoisotopic (exact) mass is 399 g/mol. The van der Waals surface area contributed by atoms with Crippen LogP contribution >= 0.6 is 0 Å². The molecule has 2 aliphatic carbocycles. The van der Waals surface area contributed by atoms with Gasteiger partial charge in [-0.05, 0) is 38.5 Å². The quantitative estimate of drug-likeness (QED) is 0.528. The Bertz CT molecular complexity index is 671. The third kappa shape index (κ3) is 5.26. The SMILES string of the molecule is NC(=O)c1cnc(NC2CCC(OC(F)F)CC2)nc1N[C@@H]1CCC[C@@H]1CO. The van der Waals surface area contributed by atoms with Gasteiger partial charge >= 0.3 is 6.61 Å². The van der Waals surface area contributed by atoms with Gasteiger partial charge in [-0.15, -0.1) is 0 Å². The lowest BCUT2D eigenvalue weighted by Gasteiger charge is -2.29. The van der Waals surface area contributed by atoms with E-state index >= 15 is 0 Å². The standard InChI is InChI=1S/C18H27F2N5O3/c19-17(20)28-12-6-4-11(5-7-12)23-18-22-8-13(15(21)27)16(25-18)24-14-3-1-2-10(14)9-26/h8,10-12,14,17,26H,1-7,9H2,(H2,21,27)(H2,22,23,24,25)/t10-,11?,12?,14-/m1/s1. The minimum Gasteiger partial charge on any atom is -0.396 e. The fraction of sp³-hybridized carbons (Fsp3) is 0.722. The van der Waals surface area contributed by atoms with Crippen LogP contribution in [0.1, 0.15) is 55.3 Å². The smallest absolute Gasteiger partial charge is 0.345 e. The zero-order valence-electron chi connectivity index (χ0n) is 15.6. The Morgan fingerprint density at radius 3 is 2.64 bits per heavy atom. The highest BCUT2D eigenvalue weighted by Crippen LogP contribution is 2.29. The van der Waals surface area contributed by atoms with E-state index in [0.29, 0.717) is 37.4 Å². The Balaban J connectivity index is 1.65. The summed E-state index contributed by atoms with van der Waals surface area (Å²) in [5.41, 5.74) is 5.64. The van der Waals surface area contributed by atoms with Crippen LogP contribution in [0.5, 0.6) is 0 Å². The number of anilines is 2. The lowest BCUT2D eigenvalue weighted by Crippen LogP contribution is -2.32. The van der Waals surface area contributed by atoms with Crippen LogP contribution in [0.25, 0.3) is 0 Å². The van der Waals surface area contributed by atoms with Crippen LogP contribution in [0.2, 0.25) is 0 Å². The van der Waals surface area contributed by atoms with E-state index in [-0.39, 0.29) is 30.2 Å². The normalized spacial score (nSPS) is 27.7. The number of carbonyl (C=O) groups is 1. The molecule has 0 radical (unpaired) electrons. The van der Waals surface area contributed by atoms with Crippen LogP contribution in [0.4, 0.5) is 20.5 Å². The van der Waals surface area contributed by atoms with Crippen LogP contribution in [-0.4, -0.2) is 52.4 Å². The Morgan fingerprint density at radius 1 is 1.25 bits per heavy atom. The molecule has 2 saturated carbocycles. The van der Waals surface area contributed by atoms with Crippen molar-refractivity contribution in [2.75, 3.05) is 17.2 Å². The second-order valence-electron chi connectivity index (χ2n) is 7.46. The van der Waals surface area contributed by atoms with E-state index in [4.69, 9.17) is 5.73 Å². The zero-order chi connectivity index (χ0) is 20.1. The summed E-state index contributed by atoms with van der Waals surface area (Å²) >= 11 is 0. The van der Waals surface area contributed by atoms with Gasteiger partial charge in [0.25, 0.3) is 5.91 Å². The Labute approximate surface area is 162 Å². The molecule has 5 N–H and O–H groups in total. The molecule has 0 aromatic carbocycles. The van der Waals surface area contributed by atoms with Gasteiger partial charge in [0.1, 0.15) is 5.82 Å². The number of carbonyl (C=O) groups excluding carboxylic acids is 1. The summed E-state index contributed by atoms with van der Waals surface area (Å²) in [5.74, 6) is 0.184. The third-order valence-electron chi connectivity index (χ3n) is 5.57. The number of nitrogens with two attached hydrogens (primary N) is 1. The zero-order valence-corrected chi connectivity index (χ0v) is 15.6. The summed E-state index contributed by atoms with van der Waals surface area (Å²) in [6.45, 7) is -2.67. The molecule has 2 fully saturated rings. The number of ether oxygens (including phenoxy) is 1. The fourth-order valence-corrected chi connectivity index (χ4v) is 4.03. The van der Waals surface area contributed by atoms with Gasteiger partial charge < -0.3 is 26.2 Å². The molecular weight excluding hydrogens is 372 g/mol. The molecule has 0 spiro atoms. The molecule has 156 valence electrons. The average molecular weight is 399 g/mol. The van der Waals surface area contributed by atoms with Crippen LogP contribution in [0.3, 0.4) is 0 Å². The van der Waals surface area contributed by atoms with Gasteiger partial charge in [-0.3, -0.25) is 4.79 Å². The van der Waals surface area contributed by atoms with E-state index in [1.165, 1.54) is 6.20 Å². The molecule has 1 heterocycles. The first-order chi connectivity index (χ1) is 13.5. The van der Waals surface area contributed by atoms with Crippen LogP contribution in [0, 0.1) is 5.92 Å². The maximum absolute atomic E-state index is 12.3. The number of alkyl halides is 2. The van der Waals surface area contributed by atoms with E-state index in [0.717, 1.165) is 19.3 Å². The van der Waals surface area contributed by atoms with E-state index < -0.39 is 18.6 Å². The minimum absolute atomic E-state index is 0.0211. The number of aromatic nitrogens is 2. The van der Waals surface area contributed by atoms with Gasteiger partial charge in [0.05, 0.1) is 11.7 Å². The Kier molecular flexibility index (Phi) is 6.95. The van der Waals surface area contributed by atoms with Gasteiger partial charge in [-0.1, -0.05) is 6.42 Å². The lowest BCUT2D eigenvalue weighted by atomic mass is 9.93. The molecule has 1 aromatic heterocycles. The summed E-state index contributed by atoms with van der Waals surface area (Å²) in [6.07, 6.45) is 6.14. The first-order valence-corrected chi connectivity index (χ1v) is 9.70. The first kappa shape index (κ1) is 20.7. The number of aliphatic hydroxyl groups is 1. The van der Waals surface area contributed by atoms with E-state index in [1.807, 2.05) is 0 Å². The predicted octanol–water partition coefficient (Wildman–Crippen LogP) is 2.11. The van der Waals surface area contributed by atoms with E-state index in [9.17, 15) is 18.7 Å². The number of amides is 1. The highest BCUT2D eigenvalue weighted by molar-refractivity contribution is 5.97. The van der Waals surface area contributed by atoms with Crippen LogP contribution in [-0.2, 0) is 4.74 Å². The van der Waals surface area contributed by atoms with Crippen molar-refractivity contribution in [3.05, 3.63) is 11.8 Å². The number of halogens is 2. The number of hydrogen-bond donors (Lipinski definition) is 4. The van der Waals surface area contributed by atoms with Crippen molar-refractivity contribution in [3.8, 4) is 0 Å². The second-order valence-corrected chi connectivity index (χ2v) is 7.46. The Morgan fingerprint density at radius 2 is 2.00 bits per heavy atom. The molecule has 2 atom stereocenters. The summed E-state index contributed by atoms with van der Waals surface area (Å²) < 4.78 is 29.2. The number of rotatable bonds is 8. The van der Waals surface area contributed by atoms with Crippen LogP contribution in [0.15, 0.2) is 6.20 Å². The molecule has 0 aliphatic heterocycles. The highest BCUT2D eigenvalue weighted by atomic mass is 19.3. The largest absolute Gasteiger partial charge is 0.396 e. The molecule has 1 aromatic rings. The van der Waals surface area contributed by atoms with Crippen molar-refractivity contribution in [2.24, 2.45) is 11.7 Å². The molecule has 0 saturated heterocycles. The molecular formula is C18H27F2N5O3. The molecule has 28 heavy (non-hydrogen) atoms. The molecule has 0 bridgehead atoms. The number of aliphatic hydroxyl groups excluding tert-OH is 1. The van der Waals surface area contributed by atoms with Crippen LogP contribution < -0.4 is 16.4 Å². The van der Waals surface area contributed by atoms with Crippen molar-refractivity contribution in [2.45, 2.75) is 69.7 Å². The summed E-state index contributed by atoms with van der Waals surface area (Å²) in [6, 6.07) is 0.0641. The summed E-state index contributed by atoms with van der Waals surface area (Å²) in [7, 11) is 0. The van der Waals surface area contributed by atoms with Gasteiger partial charge in [0, 0.05) is 30.8 Å². The molecule has 2 aliphatic rings. The Hall–Kier alpha value is -2.07. The molecule has 10 heteroatoms. The number of nitrogens with one attached hydrogen (secondary N) is 2. The van der Waals surface area contributed by atoms with Crippen molar-refractivity contribution in [1.29, 1.82) is 0 Å². The van der Waals surface area contributed by atoms with Crippen molar-refractivity contribution in [1.82, 2.24) is 9.97 Å². The highest BCUT2D eigenvalue weighted by Gasteiger charge is 2.29. The van der Waals surface area contributed by atoms with Crippen molar-refractivity contribution in [3.63, 3.8) is 0 Å². The maximum atomic E-state index is 12.3. The van der Waals surface area contributed by atoms with E-state index in [2.05, 4.69) is 25.3 Å². The van der Waals surface area contributed by atoms with Gasteiger partial charge in [0.2, 0.25) is 5.95 Å². The molecule has 3 rings (SSSR count). The molecule has 0 unspecified atom stereocenters. The molecule has 1 amide bonds. The van der Waals surface area contributed by atoms with Crippen molar-refractivity contribution >= 4 is 17.7 Å². The third-order valence-corrected chi connectivity index (χ3v) is 5.57. The summed E-state index contributed by atoms with van der Waals surface area (Å²) in [4.78, 5) is 20.3. The number of nitrogens with zero attached hydrogens (tertiary/aromatic N) is 2. The second kappa shape index (κ2) is 9.42. The average Bonchev–Trinajstić information content (AvgIpc) is 3.10. The molecule has 8 nitrogen and oxygen atoms in total. The van der Waals surface area contributed by atoms with E-state index in [1.54, 1.807) is 0 Å². The minimum atomic E-state index is -2.74.